The molecule has 2 aromatic rings. The molecule has 16 heavy (non-hydrogen) atoms. The number of rotatable bonds is 2. The van der Waals surface area contributed by atoms with Crippen LogP contribution in [0.25, 0.3) is 0 Å². The van der Waals surface area contributed by atoms with E-state index in [9.17, 15) is 0 Å². The summed E-state index contributed by atoms with van der Waals surface area (Å²) in [6, 6.07) is 5.90. The Bertz CT molecular complexity index is 505. The zero-order chi connectivity index (χ0) is 11.7. The molecule has 0 aliphatic carbocycles. The predicted octanol–water partition coefficient (Wildman–Crippen LogP) is 4.26. The molecule has 2 rings (SSSR count). The van der Waals surface area contributed by atoms with Crippen molar-refractivity contribution < 1.29 is 0 Å². The van der Waals surface area contributed by atoms with Gasteiger partial charge in [-0.05, 0) is 47.2 Å². The molecule has 0 saturated heterocycles. The third kappa shape index (κ3) is 2.78. The monoisotopic (exact) mass is 410 g/mol. The number of benzene rings is 1. The highest BCUT2D eigenvalue weighted by atomic mass is 127. The van der Waals surface area contributed by atoms with Crippen LogP contribution in [0.4, 0.5) is 0 Å². The molecule has 0 N–H and O–H groups in total. The summed E-state index contributed by atoms with van der Waals surface area (Å²) in [6.07, 6.45) is 2.03. The van der Waals surface area contributed by atoms with Gasteiger partial charge in [0, 0.05) is 21.3 Å². The predicted molar refractivity (Wildman–Crippen MR) is 77.9 cm³/mol. The number of hydrogen-bond donors (Lipinski definition) is 0. The van der Waals surface area contributed by atoms with Gasteiger partial charge in [0.25, 0.3) is 0 Å². The van der Waals surface area contributed by atoms with Crippen LogP contribution in [0.15, 0.2) is 28.9 Å². The van der Waals surface area contributed by atoms with Gasteiger partial charge in [0.05, 0.1) is 6.54 Å². The molecule has 1 heterocycles. The molecule has 0 radical (unpaired) electrons. The van der Waals surface area contributed by atoms with E-state index >= 15 is 0 Å². The highest BCUT2D eigenvalue weighted by Crippen LogP contribution is 2.22. The van der Waals surface area contributed by atoms with Crippen LogP contribution in [0.1, 0.15) is 11.1 Å². The summed E-state index contributed by atoms with van der Waals surface area (Å²) < 4.78 is 3.94. The van der Waals surface area contributed by atoms with Crippen molar-refractivity contribution >= 4 is 50.1 Å². The molecule has 0 bridgehead atoms. The molecule has 2 nitrogen and oxygen atoms in total. The topological polar surface area (TPSA) is 17.8 Å². The summed E-state index contributed by atoms with van der Waals surface area (Å²) >= 11 is 11.8. The Kier molecular flexibility index (Phi) is 3.92. The van der Waals surface area contributed by atoms with Crippen LogP contribution in [0.2, 0.25) is 5.02 Å². The van der Waals surface area contributed by atoms with E-state index in [1.54, 1.807) is 0 Å². The van der Waals surface area contributed by atoms with Gasteiger partial charge in [0.2, 0.25) is 0 Å². The van der Waals surface area contributed by atoms with Gasteiger partial charge >= 0.3 is 0 Å². The van der Waals surface area contributed by atoms with Crippen LogP contribution in [0, 0.1) is 10.6 Å². The van der Waals surface area contributed by atoms with Crippen LogP contribution in [-0.4, -0.2) is 9.78 Å². The number of aryl methyl sites for hydroxylation is 1. The van der Waals surface area contributed by atoms with Crippen LogP contribution < -0.4 is 0 Å². The molecule has 0 spiro atoms. The van der Waals surface area contributed by atoms with E-state index in [-0.39, 0.29) is 0 Å². The smallest absolute Gasteiger partial charge is 0.126 e. The molecular weight excluding hydrogens is 402 g/mol. The van der Waals surface area contributed by atoms with Crippen LogP contribution in [0.3, 0.4) is 0 Å². The van der Waals surface area contributed by atoms with Gasteiger partial charge in [-0.25, -0.2) is 0 Å². The Labute approximate surface area is 121 Å². The standard InChI is InChI=1S/C11H9BrClIN2/c1-7-5-16(15-11(7)14)6-8-2-3-9(12)4-10(8)13/h2-5H,6H2,1H3. The molecule has 0 atom stereocenters. The fourth-order valence-corrected chi connectivity index (χ4v) is 2.55. The van der Waals surface area contributed by atoms with Crippen LogP contribution in [-0.2, 0) is 6.54 Å². The highest BCUT2D eigenvalue weighted by Gasteiger charge is 2.05. The Morgan fingerprint density at radius 2 is 2.25 bits per heavy atom. The third-order valence-corrected chi connectivity index (χ3v) is 4.14. The first-order valence-electron chi connectivity index (χ1n) is 4.70. The number of halogens is 3. The maximum absolute atomic E-state index is 6.15. The van der Waals surface area contributed by atoms with Crippen molar-refractivity contribution in [3.05, 3.63) is 48.7 Å². The minimum Gasteiger partial charge on any atom is -0.267 e. The molecule has 0 aliphatic rings. The highest BCUT2D eigenvalue weighted by molar-refractivity contribution is 14.1. The molecule has 5 heteroatoms. The average Bonchev–Trinajstić information content (AvgIpc) is 2.51. The van der Waals surface area contributed by atoms with Gasteiger partial charge in [-0.15, -0.1) is 0 Å². The lowest BCUT2D eigenvalue weighted by atomic mass is 10.2. The SMILES string of the molecule is Cc1cn(Cc2ccc(Br)cc2Cl)nc1I. The van der Waals surface area contributed by atoms with Crippen molar-refractivity contribution in [2.45, 2.75) is 13.5 Å². The second-order valence-electron chi connectivity index (χ2n) is 3.54. The van der Waals surface area contributed by atoms with Crippen LogP contribution in [0.5, 0.6) is 0 Å². The van der Waals surface area contributed by atoms with E-state index in [0.29, 0.717) is 6.54 Å². The molecule has 1 aromatic heterocycles. The van der Waals surface area contributed by atoms with E-state index in [1.165, 1.54) is 5.56 Å². The van der Waals surface area contributed by atoms with Gasteiger partial charge in [0.15, 0.2) is 0 Å². The summed E-state index contributed by atoms with van der Waals surface area (Å²) in [6.45, 7) is 2.75. The summed E-state index contributed by atoms with van der Waals surface area (Å²) in [4.78, 5) is 0. The first-order chi connectivity index (χ1) is 7.56. The molecule has 0 saturated carbocycles. The first kappa shape index (κ1) is 12.4. The lowest BCUT2D eigenvalue weighted by Gasteiger charge is -2.04. The summed E-state index contributed by atoms with van der Waals surface area (Å²) in [5.74, 6) is 0. The Morgan fingerprint density at radius 1 is 1.50 bits per heavy atom. The fraction of sp³-hybridized carbons (Fsp3) is 0.182. The van der Waals surface area contributed by atoms with Gasteiger partial charge in [-0.3, -0.25) is 4.68 Å². The third-order valence-electron chi connectivity index (χ3n) is 2.23. The normalized spacial score (nSPS) is 10.8. The minimum absolute atomic E-state index is 0.704. The fourth-order valence-electron chi connectivity index (χ4n) is 1.40. The van der Waals surface area contributed by atoms with Crippen LogP contribution >= 0.6 is 50.1 Å². The van der Waals surface area contributed by atoms with E-state index in [2.05, 4.69) is 50.5 Å². The second-order valence-corrected chi connectivity index (χ2v) is 5.88. The zero-order valence-corrected chi connectivity index (χ0v) is 13.0. The second kappa shape index (κ2) is 5.06. The van der Waals surface area contributed by atoms with Crippen molar-refractivity contribution in [3.63, 3.8) is 0 Å². The zero-order valence-electron chi connectivity index (χ0n) is 8.54. The van der Waals surface area contributed by atoms with Gasteiger partial charge in [0.1, 0.15) is 3.70 Å². The molecule has 84 valence electrons. The largest absolute Gasteiger partial charge is 0.267 e. The summed E-state index contributed by atoms with van der Waals surface area (Å²) in [5, 5.41) is 5.16. The van der Waals surface area contributed by atoms with Crippen molar-refractivity contribution in [1.82, 2.24) is 9.78 Å². The van der Waals surface area contributed by atoms with Crippen molar-refractivity contribution in [1.29, 1.82) is 0 Å². The maximum atomic E-state index is 6.15. The lowest BCUT2D eigenvalue weighted by molar-refractivity contribution is 0.681. The minimum atomic E-state index is 0.704. The van der Waals surface area contributed by atoms with E-state index in [0.717, 1.165) is 18.8 Å². The van der Waals surface area contributed by atoms with Gasteiger partial charge in [-0.1, -0.05) is 33.6 Å². The number of nitrogens with zero attached hydrogens (tertiary/aromatic N) is 2. The first-order valence-corrected chi connectivity index (χ1v) is 6.94. The molecule has 0 aliphatic heterocycles. The average molecular weight is 411 g/mol. The molecule has 1 aromatic carbocycles. The molecular formula is C11H9BrClIN2. The molecule has 0 amide bonds. The Hall–Kier alpha value is -0.0700. The van der Waals surface area contributed by atoms with Crippen molar-refractivity contribution in [3.8, 4) is 0 Å². The van der Waals surface area contributed by atoms with E-state index in [4.69, 9.17) is 11.6 Å². The number of aromatic nitrogens is 2. The molecule has 0 fully saturated rings. The number of hydrogen-bond acceptors (Lipinski definition) is 1. The summed E-state index contributed by atoms with van der Waals surface area (Å²) in [5.41, 5.74) is 2.26. The lowest BCUT2D eigenvalue weighted by Crippen LogP contribution is -2.01. The Morgan fingerprint density at radius 3 is 2.81 bits per heavy atom. The van der Waals surface area contributed by atoms with Gasteiger partial charge in [-0.2, -0.15) is 5.10 Å². The van der Waals surface area contributed by atoms with E-state index in [1.807, 2.05) is 29.1 Å². The maximum Gasteiger partial charge on any atom is 0.126 e. The van der Waals surface area contributed by atoms with Crippen molar-refractivity contribution in [2.24, 2.45) is 0 Å². The van der Waals surface area contributed by atoms with E-state index < -0.39 is 0 Å². The van der Waals surface area contributed by atoms with Crippen molar-refractivity contribution in [2.75, 3.05) is 0 Å². The van der Waals surface area contributed by atoms with Gasteiger partial charge < -0.3 is 0 Å². The Balaban J connectivity index is 2.27. The quantitative estimate of drug-likeness (QED) is 0.676. The molecule has 0 unspecified atom stereocenters. The summed E-state index contributed by atoms with van der Waals surface area (Å²) in [7, 11) is 0.